The first-order chi connectivity index (χ1) is 14.8. The van der Waals surface area contributed by atoms with Gasteiger partial charge in [0.2, 0.25) is 5.91 Å². The van der Waals surface area contributed by atoms with E-state index >= 15 is 0 Å². The molecular formula is C24H23N3O3S. The van der Waals surface area contributed by atoms with Gasteiger partial charge in [0.05, 0.1) is 4.90 Å². The zero-order valence-electron chi connectivity index (χ0n) is 17.6. The van der Waals surface area contributed by atoms with E-state index in [0.29, 0.717) is 17.0 Å². The number of fused-ring (bicyclic) bond motifs is 1. The topological polar surface area (TPSA) is 78.8 Å². The summed E-state index contributed by atoms with van der Waals surface area (Å²) >= 11 is 0. The molecule has 1 heterocycles. The van der Waals surface area contributed by atoms with Crippen molar-refractivity contribution in [3.63, 3.8) is 0 Å². The molecule has 1 aliphatic rings. The van der Waals surface area contributed by atoms with Crippen molar-refractivity contribution in [3.8, 4) is 0 Å². The zero-order valence-corrected chi connectivity index (χ0v) is 18.4. The van der Waals surface area contributed by atoms with Crippen LogP contribution in [0.5, 0.6) is 0 Å². The largest absolute Gasteiger partial charge is 0.324 e. The molecule has 0 atom stereocenters. The number of hydrogen-bond donors (Lipinski definition) is 1. The van der Waals surface area contributed by atoms with Gasteiger partial charge < -0.3 is 5.32 Å². The number of carbonyl (C=O) groups excluding carboxylic acids is 1. The predicted molar refractivity (Wildman–Crippen MR) is 122 cm³/mol. The van der Waals surface area contributed by atoms with Crippen LogP contribution < -0.4 is 5.32 Å². The second kappa shape index (κ2) is 8.00. The summed E-state index contributed by atoms with van der Waals surface area (Å²) in [7, 11) is -3.95. The minimum atomic E-state index is -3.95. The van der Waals surface area contributed by atoms with Crippen molar-refractivity contribution >= 4 is 27.3 Å². The van der Waals surface area contributed by atoms with Gasteiger partial charge in [0.1, 0.15) is 12.3 Å². The van der Waals surface area contributed by atoms with E-state index in [1.165, 1.54) is 0 Å². The highest BCUT2D eigenvalue weighted by molar-refractivity contribution is 7.89. The third kappa shape index (κ3) is 3.96. The van der Waals surface area contributed by atoms with Crippen molar-refractivity contribution in [2.75, 3.05) is 11.9 Å². The standard InChI is InChI=1S/C24H23N3O3S/c1-16-13-17(2)23(18(3)14-16)25-22(28)15-27-26-24(19-9-5-4-6-10-19)20-11-7-8-12-21(20)31(27,29)30/h4-14H,15H2,1-3H3,(H,25,28). The number of carbonyl (C=O) groups is 1. The van der Waals surface area contributed by atoms with Crippen LogP contribution in [0.15, 0.2) is 76.7 Å². The lowest BCUT2D eigenvalue weighted by atomic mass is 10.0. The monoisotopic (exact) mass is 433 g/mol. The van der Waals surface area contributed by atoms with Gasteiger partial charge in [-0.1, -0.05) is 66.2 Å². The molecule has 0 aromatic heterocycles. The second-order valence-electron chi connectivity index (χ2n) is 7.62. The molecule has 7 heteroatoms. The first-order valence-corrected chi connectivity index (χ1v) is 11.4. The lowest BCUT2D eigenvalue weighted by Crippen LogP contribution is -2.38. The van der Waals surface area contributed by atoms with Crippen molar-refractivity contribution in [1.82, 2.24) is 4.41 Å². The number of hydrazone groups is 1. The summed E-state index contributed by atoms with van der Waals surface area (Å²) in [6, 6.07) is 20.0. The van der Waals surface area contributed by atoms with Crippen molar-refractivity contribution in [3.05, 3.63) is 94.5 Å². The molecule has 4 rings (SSSR count). The molecule has 6 nitrogen and oxygen atoms in total. The summed E-state index contributed by atoms with van der Waals surface area (Å²) in [6.45, 7) is 5.40. The van der Waals surface area contributed by atoms with Crippen molar-refractivity contribution in [2.45, 2.75) is 25.7 Å². The summed E-state index contributed by atoms with van der Waals surface area (Å²) in [5.74, 6) is -0.450. The average Bonchev–Trinajstić information content (AvgIpc) is 2.73. The van der Waals surface area contributed by atoms with Crippen LogP contribution in [0.1, 0.15) is 27.8 Å². The predicted octanol–water partition coefficient (Wildman–Crippen LogP) is 4.01. The van der Waals surface area contributed by atoms with Crippen molar-refractivity contribution in [1.29, 1.82) is 0 Å². The van der Waals surface area contributed by atoms with Gasteiger partial charge in [-0.25, -0.2) is 0 Å². The molecule has 0 aliphatic carbocycles. The molecule has 0 spiro atoms. The summed E-state index contributed by atoms with van der Waals surface area (Å²) in [5, 5.41) is 7.24. The summed E-state index contributed by atoms with van der Waals surface area (Å²) in [4.78, 5) is 13.0. The fourth-order valence-electron chi connectivity index (χ4n) is 3.83. The Morgan fingerprint density at radius 2 is 1.55 bits per heavy atom. The molecule has 3 aromatic rings. The Balaban J connectivity index is 1.70. The van der Waals surface area contributed by atoms with E-state index in [1.807, 2.05) is 63.2 Å². The Bertz CT molecular complexity index is 1280. The van der Waals surface area contributed by atoms with E-state index in [1.54, 1.807) is 24.3 Å². The molecule has 0 radical (unpaired) electrons. The molecule has 1 amide bonds. The highest BCUT2D eigenvalue weighted by atomic mass is 32.2. The number of nitrogens with one attached hydrogen (secondary N) is 1. The van der Waals surface area contributed by atoms with E-state index in [-0.39, 0.29) is 4.90 Å². The Kier molecular flexibility index (Phi) is 5.37. The van der Waals surface area contributed by atoms with Gasteiger partial charge >= 0.3 is 0 Å². The SMILES string of the molecule is Cc1cc(C)c(NC(=O)CN2N=C(c3ccccc3)c3ccccc3S2(=O)=O)c(C)c1. The number of benzene rings is 3. The Morgan fingerprint density at radius 1 is 0.935 bits per heavy atom. The van der Waals surface area contributed by atoms with E-state index < -0.39 is 22.5 Å². The summed E-state index contributed by atoms with van der Waals surface area (Å²) in [5.41, 5.74) is 5.45. The zero-order chi connectivity index (χ0) is 22.2. The molecule has 31 heavy (non-hydrogen) atoms. The second-order valence-corrected chi connectivity index (χ2v) is 9.43. The normalized spacial score (nSPS) is 14.5. The van der Waals surface area contributed by atoms with Crippen LogP contribution in [0.3, 0.4) is 0 Å². The first kappa shape index (κ1) is 20.8. The van der Waals surface area contributed by atoms with Crippen LogP contribution in [0.2, 0.25) is 0 Å². The molecule has 1 aliphatic heterocycles. The summed E-state index contributed by atoms with van der Waals surface area (Å²) < 4.78 is 27.3. The van der Waals surface area contributed by atoms with E-state index in [2.05, 4.69) is 10.4 Å². The third-order valence-corrected chi connectivity index (χ3v) is 6.85. The number of hydrogen-bond acceptors (Lipinski definition) is 4. The lowest BCUT2D eigenvalue weighted by molar-refractivity contribution is -0.116. The van der Waals surface area contributed by atoms with E-state index in [4.69, 9.17) is 0 Å². The number of amides is 1. The Hall–Kier alpha value is -3.45. The van der Waals surface area contributed by atoms with E-state index in [9.17, 15) is 13.2 Å². The fourth-order valence-corrected chi connectivity index (χ4v) is 5.23. The Morgan fingerprint density at radius 3 is 2.23 bits per heavy atom. The molecule has 0 unspecified atom stereocenters. The quantitative estimate of drug-likeness (QED) is 0.675. The minimum Gasteiger partial charge on any atom is -0.324 e. The van der Waals surface area contributed by atoms with Crippen LogP contribution in [0.4, 0.5) is 5.69 Å². The van der Waals surface area contributed by atoms with Crippen LogP contribution in [0.25, 0.3) is 0 Å². The maximum absolute atomic E-state index is 13.2. The number of anilines is 1. The van der Waals surface area contributed by atoms with Gasteiger partial charge in [-0.2, -0.15) is 17.9 Å². The fraction of sp³-hybridized carbons (Fsp3) is 0.167. The number of sulfonamides is 1. The molecule has 0 saturated heterocycles. The average molecular weight is 434 g/mol. The number of nitrogens with zero attached hydrogens (tertiary/aromatic N) is 2. The molecule has 0 bridgehead atoms. The Labute approximate surface area is 182 Å². The van der Waals surface area contributed by atoms with Gasteiger partial charge in [-0.05, 0) is 38.0 Å². The van der Waals surface area contributed by atoms with Crippen LogP contribution >= 0.6 is 0 Å². The number of aryl methyl sites for hydroxylation is 3. The molecule has 3 aromatic carbocycles. The van der Waals surface area contributed by atoms with Crippen molar-refractivity contribution in [2.24, 2.45) is 5.10 Å². The van der Waals surface area contributed by atoms with Crippen LogP contribution in [0, 0.1) is 20.8 Å². The molecule has 1 N–H and O–H groups in total. The maximum Gasteiger partial charge on any atom is 0.280 e. The highest BCUT2D eigenvalue weighted by Crippen LogP contribution is 2.29. The van der Waals surface area contributed by atoms with Crippen LogP contribution in [-0.4, -0.2) is 31.0 Å². The first-order valence-electron chi connectivity index (χ1n) is 9.91. The smallest absolute Gasteiger partial charge is 0.280 e. The molecular weight excluding hydrogens is 410 g/mol. The number of rotatable bonds is 4. The molecule has 0 fully saturated rings. The molecule has 158 valence electrons. The van der Waals surface area contributed by atoms with Gasteiger partial charge in [-0.3, -0.25) is 4.79 Å². The third-order valence-electron chi connectivity index (χ3n) is 5.18. The van der Waals surface area contributed by atoms with Gasteiger partial charge in [0, 0.05) is 16.8 Å². The van der Waals surface area contributed by atoms with E-state index in [0.717, 1.165) is 26.7 Å². The molecule has 0 saturated carbocycles. The summed E-state index contributed by atoms with van der Waals surface area (Å²) in [6.07, 6.45) is 0. The van der Waals surface area contributed by atoms with Crippen LogP contribution in [-0.2, 0) is 14.8 Å². The minimum absolute atomic E-state index is 0.138. The van der Waals surface area contributed by atoms with Gasteiger partial charge in [0.15, 0.2) is 0 Å². The van der Waals surface area contributed by atoms with Gasteiger partial charge in [0.25, 0.3) is 10.0 Å². The highest BCUT2D eigenvalue weighted by Gasteiger charge is 2.34. The maximum atomic E-state index is 13.2. The lowest BCUT2D eigenvalue weighted by Gasteiger charge is -2.27. The van der Waals surface area contributed by atoms with Gasteiger partial charge in [-0.15, -0.1) is 0 Å². The van der Waals surface area contributed by atoms with Crippen molar-refractivity contribution < 1.29 is 13.2 Å².